The molecule has 1 heterocycles. The summed E-state index contributed by atoms with van der Waals surface area (Å²) in [6.45, 7) is 3.57. The average molecular weight is 192 g/mol. The number of aliphatic hydroxyl groups is 1. The molecule has 1 rings (SSSR count). The first-order valence-electron chi connectivity index (χ1n) is 4.15. The Morgan fingerprint density at radius 1 is 1.62 bits per heavy atom. The standard InChI is InChI=1S/C7H14O2.NO3/c1-2-6-5-9-4-3-7(6)8;2-1(3)4/h6-8H,2-5H2,1H3;/q;-1. The maximum absolute atomic E-state index is 9.29. The summed E-state index contributed by atoms with van der Waals surface area (Å²) in [6.07, 6.45) is 1.74. The summed E-state index contributed by atoms with van der Waals surface area (Å²) in [5, 5.41) is 24.0. The van der Waals surface area contributed by atoms with Crippen LogP contribution in [0.4, 0.5) is 0 Å². The topological polar surface area (TPSA) is 95.7 Å². The Labute approximate surface area is 76.2 Å². The van der Waals surface area contributed by atoms with Gasteiger partial charge in [-0.05, 0) is 12.8 Å². The Balaban J connectivity index is 0.000000310. The van der Waals surface area contributed by atoms with Crippen LogP contribution >= 0.6 is 0 Å². The van der Waals surface area contributed by atoms with Crippen LogP contribution in [-0.2, 0) is 4.74 Å². The van der Waals surface area contributed by atoms with E-state index in [0.29, 0.717) is 5.92 Å². The van der Waals surface area contributed by atoms with Gasteiger partial charge in [-0.15, -0.1) is 0 Å². The van der Waals surface area contributed by atoms with Crippen LogP contribution in [0.15, 0.2) is 0 Å². The normalized spacial score (nSPS) is 27.2. The van der Waals surface area contributed by atoms with Crippen molar-refractivity contribution in [3.05, 3.63) is 15.3 Å². The second-order valence-electron chi connectivity index (χ2n) is 2.82. The summed E-state index contributed by atoms with van der Waals surface area (Å²) in [4.78, 5) is 8.25. The molecule has 0 spiro atoms. The van der Waals surface area contributed by atoms with E-state index in [2.05, 4.69) is 6.92 Å². The Kier molecular flexibility index (Phi) is 6.17. The highest BCUT2D eigenvalue weighted by Gasteiger charge is 2.21. The minimum atomic E-state index is -1.75. The molecule has 0 aliphatic carbocycles. The van der Waals surface area contributed by atoms with Crippen molar-refractivity contribution in [1.29, 1.82) is 0 Å². The highest BCUT2D eigenvalue weighted by Crippen LogP contribution is 2.16. The SMILES string of the molecule is CCC1COCCC1O.O=[N+]([O-])[O-]. The van der Waals surface area contributed by atoms with Crippen LogP contribution in [0.5, 0.6) is 0 Å². The summed E-state index contributed by atoms with van der Waals surface area (Å²) < 4.78 is 5.18. The molecule has 1 saturated heterocycles. The van der Waals surface area contributed by atoms with Crippen LogP contribution in [0.2, 0.25) is 0 Å². The molecule has 1 fully saturated rings. The van der Waals surface area contributed by atoms with Gasteiger partial charge in [0.25, 0.3) is 0 Å². The minimum absolute atomic E-state index is 0.108. The van der Waals surface area contributed by atoms with Gasteiger partial charge in [-0.25, -0.2) is 0 Å². The summed E-state index contributed by atoms with van der Waals surface area (Å²) in [5.41, 5.74) is 0. The smallest absolute Gasteiger partial charge is 0.0689 e. The van der Waals surface area contributed by atoms with E-state index in [1.54, 1.807) is 0 Å². The highest BCUT2D eigenvalue weighted by molar-refractivity contribution is 4.70. The van der Waals surface area contributed by atoms with E-state index in [-0.39, 0.29) is 6.10 Å². The second kappa shape index (κ2) is 6.62. The van der Waals surface area contributed by atoms with Gasteiger partial charge in [0, 0.05) is 12.5 Å². The third kappa shape index (κ3) is 6.30. The fourth-order valence-corrected chi connectivity index (χ4v) is 1.18. The number of rotatable bonds is 1. The van der Waals surface area contributed by atoms with E-state index in [1.807, 2.05) is 0 Å². The molecule has 1 N–H and O–H groups in total. The molecule has 0 amide bonds. The summed E-state index contributed by atoms with van der Waals surface area (Å²) in [5.74, 6) is 0.388. The highest BCUT2D eigenvalue weighted by atomic mass is 16.9. The molecule has 13 heavy (non-hydrogen) atoms. The average Bonchev–Trinajstić information content (AvgIpc) is 2.04. The predicted molar refractivity (Wildman–Crippen MR) is 45.6 cm³/mol. The molecule has 0 radical (unpaired) electrons. The molecule has 6 nitrogen and oxygen atoms in total. The van der Waals surface area contributed by atoms with Crippen LogP contribution in [0.3, 0.4) is 0 Å². The number of aliphatic hydroxyl groups excluding tert-OH is 1. The number of hydrogen-bond acceptors (Lipinski definition) is 5. The molecule has 6 heteroatoms. The molecule has 0 aromatic carbocycles. The molecule has 2 atom stereocenters. The zero-order valence-corrected chi connectivity index (χ0v) is 7.51. The first kappa shape index (κ1) is 12.1. The molecule has 1 aliphatic rings. The van der Waals surface area contributed by atoms with Crippen LogP contribution in [-0.4, -0.2) is 29.5 Å². The Morgan fingerprint density at radius 2 is 2.15 bits per heavy atom. The maximum Gasteiger partial charge on any atom is 0.0689 e. The van der Waals surface area contributed by atoms with Crippen LogP contribution < -0.4 is 0 Å². The molecule has 0 saturated carbocycles. The second-order valence-corrected chi connectivity index (χ2v) is 2.82. The van der Waals surface area contributed by atoms with Crippen molar-refractivity contribution < 1.29 is 14.9 Å². The quantitative estimate of drug-likeness (QED) is 0.483. The molecule has 78 valence electrons. The van der Waals surface area contributed by atoms with Gasteiger partial charge in [0.1, 0.15) is 0 Å². The largest absolute Gasteiger partial charge is 0.393 e. The van der Waals surface area contributed by atoms with E-state index in [1.165, 1.54) is 0 Å². The van der Waals surface area contributed by atoms with Crippen molar-refractivity contribution in [2.75, 3.05) is 13.2 Å². The fourth-order valence-electron chi connectivity index (χ4n) is 1.18. The number of ether oxygens (including phenoxy) is 1. The van der Waals surface area contributed by atoms with Crippen LogP contribution in [0.25, 0.3) is 0 Å². The monoisotopic (exact) mass is 192 g/mol. The Morgan fingerprint density at radius 3 is 2.46 bits per heavy atom. The third-order valence-electron chi connectivity index (χ3n) is 1.96. The summed E-state index contributed by atoms with van der Waals surface area (Å²) >= 11 is 0. The molecular formula is C7H14NO5-. The lowest BCUT2D eigenvalue weighted by atomic mass is 9.96. The van der Waals surface area contributed by atoms with Crippen molar-refractivity contribution in [3.63, 3.8) is 0 Å². The lowest BCUT2D eigenvalue weighted by Gasteiger charge is -2.26. The fraction of sp³-hybridized carbons (Fsp3) is 1.00. The molecule has 1 aliphatic heterocycles. The van der Waals surface area contributed by atoms with E-state index >= 15 is 0 Å². The molecular weight excluding hydrogens is 178 g/mol. The van der Waals surface area contributed by atoms with Crippen molar-refractivity contribution in [2.45, 2.75) is 25.9 Å². The van der Waals surface area contributed by atoms with Gasteiger partial charge in [-0.1, -0.05) is 6.92 Å². The minimum Gasteiger partial charge on any atom is -0.393 e. The predicted octanol–water partition coefficient (Wildman–Crippen LogP) is 0.555. The molecule has 0 bridgehead atoms. The van der Waals surface area contributed by atoms with Crippen molar-refractivity contribution in [2.24, 2.45) is 5.92 Å². The van der Waals surface area contributed by atoms with Crippen molar-refractivity contribution in [3.8, 4) is 0 Å². The first-order chi connectivity index (χ1) is 6.07. The van der Waals surface area contributed by atoms with Crippen molar-refractivity contribution >= 4 is 0 Å². The van der Waals surface area contributed by atoms with E-state index < -0.39 is 5.09 Å². The number of hydrogen-bond donors (Lipinski definition) is 1. The molecule has 0 aromatic heterocycles. The van der Waals surface area contributed by atoms with Gasteiger partial charge in [0.2, 0.25) is 0 Å². The van der Waals surface area contributed by atoms with Crippen LogP contribution in [0.1, 0.15) is 19.8 Å². The van der Waals surface area contributed by atoms with Gasteiger partial charge in [0.05, 0.1) is 17.8 Å². The maximum atomic E-state index is 9.29. The van der Waals surface area contributed by atoms with Gasteiger partial charge in [-0.2, -0.15) is 0 Å². The number of nitrogens with zero attached hydrogens (tertiary/aromatic N) is 1. The van der Waals surface area contributed by atoms with E-state index in [0.717, 1.165) is 26.1 Å². The first-order valence-corrected chi connectivity index (χ1v) is 4.15. The van der Waals surface area contributed by atoms with E-state index in [9.17, 15) is 5.11 Å². The van der Waals surface area contributed by atoms with Gasteiger partial charge in [-0.3, -0.25) is 0 Å². The zero-order chi connectivity index (χ0) is 10.3. The third-order valence-corrected chi connectivity index (χ3v) is 1.96. The molecule has 0 aromatic rings. The lowest BCUT2D eigenvalue weighted by Crippen LogP contribution is -2.31. The van der Waals surface area contributed by atoms with Crippen molar-refractivity contribution in [1.82, 2.24) is 0 Å². The van der Waals surface area contributed by atoms with Crippen LogP contribution in [0, 0.1) is 21.2 Å². The lowest BCUT2D eigenvalue weighted by molar-refractivity contribution is -0.402. The van der Waals surface area contributed by atoms with Gasteiger partial charge >= 0.3 is 0 Å². The van der Waals surface area contributed by atoms with Gasteiger partial charge in [0.15, 0.2) is 0 Å². The zero-order valence-electron chi connectivity index (χ0n) is 7.51. The summed E-state index contributed by atoms with van der Waals surface area (Å²) in [7, 11) is 0. The molecule has 2 unspecified atom stereocenters. The Bertz CT molecular complexity index is 148. The van der Waals surface area contributed by atoms with E-state index in [4.69, 9.17) is 20.1 Å². The van der Waals surface area contributed by atoms with Gasteiger partial charge < -0.3 is 25.2 Å². The summed E-state index contributed by atoms with van der Waals surface area (Å²) in [6, 6.07) is 0. The Hall–Kier alpha value is -0.880.